The summed E-state index contributed by atoms with van der Waals surface area (Å²) >= 11 is 0. The highest BCUT2D eigenvalue weighted by atomic mass is 16.4. The average molecular weight is 309 g/mol. The van der Waals surface area contributed by atoms with Crippen LogP contribution in [-0.2, 0) is 17.6 Å². The van der Waals surface area contributed by atoms with Gasteiger partial charge in [0.15, 0.2) is 0 Å². The fraction of sp³-hybridized carbons (Fsp3) is 0.263. The minimum absolute atomic E-state index is 0.0356. The maximum Gasteiger partial charge on any atom is 0.335 e. The van der Waals surface area contributed by atoms with Crippen LogP contribution in [-0.4, -0.2) is 17.0 Å². The van der Waals surface area contributed by atoms with E-state index < -0.39 is 5.97 Å². The number of carbonyl (C=O) groups excluding carboxylic acids is 1. The molecule has 1 amide bonds. The molecule has 1 aliphatic carbocycles. The molecule has 0 aliphatic heterocycles. The Morgan fingerprint density at radius 2 is 1.91 bits per heavy atom. The summed E-state index contributed by atoms with van der Waals surface area (Å²) in [5.41, 5.74) is 4.82. The number of carbonyl (C=O) groups is 2. The highest BCUT2D eigenvalue weighted by molar-refractivity contribution is 5.87. The smallest absolute Gasteiger partial charge is 0.335 e. The molecule has 0 aromatic heterocycles. The van der Waals surface area contributed by atoms with Gasteiger partial charge in [0, 0.05) is 0 Å². The molecule has 3 rings (SSSR count). The van der Waals surface area contributed by atoms with Gasteiger partial charge >= 0.3 is 5.97 Å². The molecule has 0 spiro atoms. The second-order valence-corrected chi connectivity index (χ2v) is 6.04. The first-order chi connectivity index (χ1) is 11.0. The lowest BCUT2D eigenvalue weighted by Gasteiger charge is -2.14. The summed E-state index contributed by atoms with van der Waals surface area (Å²) < 4.78 is 0. The van der Waals surface area contributed by atoms with Crippen molar-refractivity contribution in [3.63, 3.8) is 0 Å². The van der Waals surface area contributed by atoms with Gasteiger partial charge in [0.2, 0.25) is 5.91 Å². The molecule has 0 bridgehead atoms. The van der Waals surface area contributed by atoms with Crippen LogP contribution in [0.25, 0.3) is 0 Å². The standard InChI is InChI=1S/C19H19NO3/c1-12-2-8-16-15(10-12)7-9-17(16)20-18(21)11-13-3-5-14(6-4-13)19(22)23/h2-6,8,10,17H,7,9,11H2,1H3,(H,20,21)(H,22,23). The minimum Gasteiger partial charge on any atom is -0.478 e. The first kappa shape index (κ1) is 15.3. The lowest BCUT2D eigenvalue weighted by atomic mass is 10.0. The molecule has 4 nitrogen and oxygen atoms in total. The zero-order valence-corrected chi connectivity index (χ0v) is 13.0. The molecule has 2 aromatic rings. The largest absolute Gasteiger partial charge is 0.478 e. The second kappa shape index (κ2) is 6.24. The van der Waals surface area contributed by atoms with Crippen LogP contribution in [0.4, 0.5) is 0 Å². The van der Waals surface area contributed by atoms with Crippen LogP contribution in [0.1, 0.15) is 45.1 Å². The summed E-state index contributed by atoms with van der Waals surface area (Å²) in [6.07, 6.45) is 2.19. The number of benzene rings is 2. The number of hydrogen-bond donors (Lipinski definition) is 2. The Morgan fingerprint density at radius 3 is 2.61 bits per heavy atom. The highest BCUT2D eigenvalue weighted by Gasteiger charge is 2.23. The summed E-state index contributed by atoms with van der Waals surface area (Å²) in [6.45, 7) is 2.08. The quantitative estimate of drug-likeness (QED) is 0.912. The number of rotatable bonds is 4. The van der Waals surface area contributed by atoms with Crippen molar-refractivity contribution >= 4 is 11.9 Å². The number of aryl methyl sites for hydroxylation is 2. The minimum atomic E-state index is -0.959. The molecule has 0 saturated carbocycles. The van der Waals surface area contributed by atoms with Crippen molar-refractivity contribution in [2.45, 2.75) is 32.2 Å². The van der Waals surface area contributed by atoms with E-state index >= 15 is 0 Å². The monoisotopic (exact) mass is 309 g/mol. The van der Waals surface area contributed by atoms with E-state index in [9.17, 15) is 9.59 Å². The van der Waals surface area contributed by atoms with Crippen LogP contribution in [0, 0.1) is 6.92 Å². The third-order valence-electron chi connectivity index (χ3n) is 4.28. The molecule has 1 atom stereocenters. The number of hydrogen-bond acceptors (Lipinski definition) is 2. The van der Waals surface area contributed by atoms with Gasteiger partial charge in [0.05, 0.1) is 18.0 Å². The number of carboxylic acid groups (broad SMARTS) is 1. The molecule has 23 heavy (non-hydrogen) atoms. The summed E-state index contributed by atoms with van der Waals surface area (Å²) in [5, 5.41) is 12.0. The molecule has 0 saturated heterocycles. The topological polar surface area (TPSA) is 66.4 Å². The van der Waals surface area contributed by atoms with Gasteiger partial charge in [-0.25, -0.2) is 4.79 Å². The van der Waals surface area contributed by atoms with E-state index in [4.69, 9.17) is 5.11 Å². The summed E-state index contributed by atoms with van der Waals surface area (Å²) in [7, 11) is 0. The molecule has 0 fully saturated rings. The van der Waals surface area contributed by atoms with Gasteiger partial charge in [0.1, 0.15) is 0 Å². The van der Waals surface area contributed by atoms with E-state index in [2.05, 4.69) is 30.4 Å². The van der Waals surface area contributed by atoms with Gasteiger partial charge in [-0.05, 0) is 48.6 Å². The lowest BCUT2D eigenvalue weighted by molar-refractivity contribution is -0.121. The molecule has 118 valence electrons. The van der Waals surface area contributed by atoms with Crippen molar-refractivity contribution in [1.29, 1.82) is 0 Å². The van der Waals surface area contributed by atoms with Crippen molar-refractivity contribution in [2.24, 2.45) is 0 Å². The number of aromatic carboxylic acids is 1. The van der Waals surface area contributed by atoms with Gasteiger partial charge in [0.25, 0.3) is 0 Å². The van der Waals surface area contributed by atoms with E-state index in [1.54, 1.807) is 12.1 Å². The molecule has 1 aliphatic rings. The van der Waals surface area contributed by atoms with Crippen LogP contribution >= 0.6 is 0 Å². The Bertz CT molecular complexity index is 750. The molecule has 0 radical (unpaired) electrons. The maximum atomic E-state index is 12.2. The van der Waals surface area contributed by atoms with Crippen molar-refractivity contribution in [3.05, 3.63) is 70.3 Å². The van der Waals surface area contributed by atoms with E-state index in [1.807, 2.05) is 0 Å². The Labute approximate surface area is 135 Å². The number of amides is 1. The van der Waals surface area contributed by atoms with Gasteiger partial charge in [-0.2, -0.15) is 0 Å². The number of carboxylic acids is 1. The van der Waals surface area contributed by atoms with Crippen LogP contribution in [0.3, 0.4) is 0 Å². The molecule has 2 aromatic carbocycles. The second-order valence-electron chi connectivity index (χ2n) is 6.04. The third kappa shape index (κ3) is 3.42. The molecular weight excluding hydrogens is 290 g/mol. The first-order valence-electron chi connectivity index (χ1n) is 7.74. The van der Waals surface area contributed by atoms with E-state index in [0.717, 1.165) is 18.4 Å². The van der Waals surface area contributed by atoms with Gasteiger partial charge < -0.3 is 10.4 Å². The van der Waals surface area contributed by atoms with Gasteiger partial charge in [-0.1, -0.05) is 35.9 Å². The molecule has 4 heteroatoms. The molecule has 1 unspecified atom stereocenters. The van der Waals surface area contributed by atoms with Crippen LogP contribution < -0.4 is 5.32 Å². The zero-order valence-electron chi connectivity index (χ0n) is 13.0. The van der Waals surface area contributed by atoms with Crippen molar-refractivity contribution in [1.82, 2.24) is 5.32 Å². The number of fused-ring (bicyclic) bond motifs is 1. The average Bonchev–Trinajstić information content (AvgIpc) is 2.89. The predicted molar refractivity (Wildman–Crippen MR) is 87.5 cm³/mol. The van der Waals surface area contributed by atoms with E-state index in [-0.39, 0.29) is 23.9 Å². The van der Waals surface area contributed by atoms with Crippen LogP contribution in [0.2, 0.25) is 0 Å². The van der Waals surface area contributed by atoms with Crippen molar-refractivity contribution in [3.8, 4) is 0 Å². The molecular formula is C19H19NO3. The van der Waals surface area contributed by atoms with Crippen molar-refractivity contribution in [2.75, 3.05) is 0 Å². The Hall–Kier alpha value is -2.62. The zero-order chi connectivity index (χ0) is 16.4. The lowest BCUT2D eigenvalue weighted by Crippen LogP contribution is -2.28. The molecule has 0 heterocycles. The fourth-order valence-corrected chi connectivity index (χ4v) is 3.09. The highest BCUT2D eigenvalue weighted by Crippen LogP contribution is 2.31. The van der Waals surface area contributed by atoms with Crippen LogP contribution in [0.5, 0.6) is 0 Å². The van der Waals surface area contributed by atoms with E-state index in [1.165, 1.54) is 28.8 Å². The Kier molecular flexibility index (Phi) is 4.15. The van der Waals surface area contributed by atoms with Gasteiger partial charge in [-0.3, -0.25) is 4.79 Å². The SMILES string of the molecule is Cc1ccc2c(c1)CCC2NC(=O)Cc1ccc(C(=O)O)cc1. The van der Waals surface area contributed by atoms with Crippen LogP contribution in [0.15, 0.2) is 42.5 Å². The maximum absolute atomic E-state index is 12.2. The first-order valence-corrected chi connectivity index (χ1v) is 7.74. The van der Waals surface area contributed by atoms with E-state index in [0.29, 0.717) is 0 Å². The summed E-state index contributed by atoms with van der Waals surface area (Å²) in [6, 6.07) is 12.9. The summed E-state index contributed by atoms with van der Waals surface area (Å²) in [4.78, 5) is 23.1. The van der Waals surface area contributed by atoms with Crippen molar-refractivity contribution < 1.29 is 14.7 Å². The predicted octanol–water partition coefficient (Wildman–Crippen LogP) is 3.04. The summed E-state index contributed by atoms with van der Waals surface area (Å²) in [5.74, 6) is -0.995. The third-order valence-corrected chi connectivity index (χ3v) is 4.28. The van der Waals surface area contributed by atoms with Gasteiger partial charge in [-0.15, -0.1) is 0 Å². The number of nitrogens with one attached hydrogen (secondary N) is 1. The molecule has 2 N–H and O–H groups in total. The Balaban J connectivity index is 1.63. The Morgan fingerprint density at radius 1 is 1.17 bits per heavy atom. The fourth-order valence-electron chi connectivity index (χ4n) is 3.09. The normalized spacial score (nSPS) is 16.0.